The number of carbonyl (C=O) groups excluding carboxylic acids is 1. The summed E-state index contributed by atoms with van der Waals surface area (Å²) in [5, 5.41) is 5.15. The Hall–Kier alpha value is -1.63. The van der Waals surface area contributed by atoms with E-state index in [4.69, 9.17) is 9.72 Å². The topological polar surface area (TPSA) is 39.2 Å². The molecule has 3 aromatic rings. The van der Waals surface area contributed by atoms with Crippen LogP contribution < -0.4 is 0 Å². The van der Waals surface area contributed by atoms with E-state index in [1.54, 1.807) is 23.1 Å². The Morgan fingerprint density at radius 3 is 2.91 bits per heavy atom. The predicted octanol–water partition coefficient (Wildman–Crippen LogP) is 5.26. The molecule has 0 saturated heterocycles. The summed E-state index contributed by atoms with van der Waals surface area (Å²) in [6, 6.07) is 10.2. The molecule has 0 amide bonds. The number of methoxy groups -OCH3 is 1. The van der Waals surface area contributed by atoms with E-state index in [-0.39, 0.29) is 5.97 Å². The Morgan fingerprint density at radius 2 is 2.13 bits per heavy atom. The van der Waals surface area contributed by atoms with Gasteiger partial charge in [0.15, 0.2) is 0 Å². The van der Waals surface area contributed by atoms with Crippen molar-refractivity contribution in [3.8, 4) is 11.3 Å². The number of nitrogens with zero attached hydrogens (tertiary/aromatic N) is 1. The fraction of sp³-hybridized carbons (Fsp3) is 0.176. The summed E-state index contributed by atoms with van der Waals surface area (Å²) in [5.74, 6) is 0.520. The van der Waals surface area contributed by atoms with E-state index in [1.165, 1.54) is 24.0 Å². The quantitative estimate of drug-likeness (QED) is 0.459. The SMILES string of the molecule is COC(=O)c1cc(SCc2nc(-c3cccc(C)c3)cs2)cs1. The maximum Gasteiger partial charge on any atom is 0.348 e. The molecule has 0 aliphatic rings. The first-order valence-electron chi connectivity index (χ1n) is 6.97. The maximum atomic E-state index is 11.5. The Bertz CT molecular complexity index is 823. The molecule has 1 aromatic carbocycles. The van der Waals surface area contributed by atoms with Gasteiger partial charge in [-0.3, -0.25) is 0 Å². The second-order valence-corrected chi connectivity index (χ2v) is 7.83. The van der Waals surface area contributed by atoms with Crippen LogP contribution >= 0.6 is 34.4 Å². The average molecular weight is 362 g/mol. The van der Waals surface area contributed by atoms with Crippen molar-refractivity contribution in [2.45, 2.75) is 17.6 Å². The summed E-state index contributed by atoms with van der Waals surface area (Å²) in [5.41, 5.74) is 3.41. The molecule has 2 aromatic heterocycles. The molecule has 0 bridgehead atoms. The van der Waals surface area contributed by atoms with Gasteiger partial charge in [0.1, 0.15) is 9.88 Å². The van der Waals surface area contributed by atoms with E-state index in [0.29, 0.717) is 4.88 Å². The standard InChI is InChI=1S/C17H15NO2S3/c1-11-4-3-5-12(6-11)14-9-23-16(18-14)10-21-13-7-15(22-8-13)17(19)20-2/h3-9H,10H2,1-2H3. The minimum Gasteiger partial charge on any atom is -0.465 e. The highest BCUT2D eigenvalue weighted by Gasteiger charge is 2.10. The normalized spacial score (nSPS) is 10.7. The fourth-order valence-corrected chi connectivity index (χ4v) is 4.83. The molecule has 2 heterocycles. The molecule has 0 spiro atoms. The summed E-state index contributed by atoms with van der Waals surface area (Å²) in [4.78, 5) is 17.9. The van der Waals surface area contributed by atoms with Crippen molar-refractivity contribution in [3.63, 3.8) is 0 Å². The Balaban J connectivity index is 1.65. The average Bonchev–Trinajstić information content (AvgIpc) is 3.21. The van der Waals surface area contributed by atoms with Crippen LogP contribution in [-0.4, -0.2) is 18.1 Å². The molecular formula is C17H15NO2S3. The van der Waals surface area contributed by atoms with Gasteiger partial charge in [0, 0.05) is 21.2 Å². The molecule has 6 heteroatoms. The highest BCUT2D eigenvalue weighted by atomic mass is 32.2. The number of benzene rings is 1. The molecule has 23 heavy (non-hydrogen) atoms. The van der Waals surface area contributed by atoms with Crippen LogP contribution in [-0.2, 0) is 10.5 Å². The number of ether oxygens (including phenoxy) is 1. The number of aryl methyl sites for hydroxylation is 1. The second-order valence-electron chi connectivity index (χ2n) is 4.92. The number of thioether (sulfide) groups is 1. The first kappa shape index (κ1) is 16.2. The third-order valence-corrected chi connectivity index (χ3v) is 6.27. The molecule has 118 valence electrons. The lowest BCUT2D eigenvalue weighted by Crippen LogP contribution is -1.96. The Kier molecular flexibility index (Phi) is 5.15. The van der Waals surface area contributed by atoms with Gasteiger partial charge in [-0.2, -0.15) is 0 Å². The molecule has 0 aliphatic carbocycles. The van der Waals surface area contributed by atoms with Crippen molar-refractivity contribution in [3.05, 3.63) is 56.5 Å². The molecule has 0 atom stereocenters. The molecule has 0 fully saturated rings. The van der Waals surface area contributed by atoms with Gasteiger partial charge >= 0.3 is 5.97 Å². The number of aromatic nitrogens is 1. The van der Waals surface area contributed by atoms with E-state index in [1.807, 2.05) is 11.4 Å². The third kappa shape index (κ3) is 4.02. The smallest absolute Gasteiger partial charge is 0.348 e. The molecule has 0 unspecified atom stereocenters. The minimum absolute atomic E-state index is 0.280. The van der Waals surface area contributed by atoms with Crippen molar-refractivity contribution < 1.29 is 9.53 Å². The van der Waals surface area contributed by atoms with Crippen molar-refractivity contribution in [2.24, 2.45) is 0 Å². The van der Waals surface area contributed by atoms with Gasteiger partial charge in [-0.1, -0.05) is 23.8 Å². The molecule has 0 saturated carbocycles. The number of thiophene rings is 1. The summed E-state index contributed by atoms with van der Waals surface area (Å²) in [6.07, 6.45) is 0. The number of thiazole rings is 1. The van der Waals surface area contributed by atoms with Crippen LogP contribution in [0.25, 0.3) is 11.3 Å². The lowest BCUT2D eigenvalue weighted by molar-refractivity contribution is 0.0606. The minimum atomic E-state index is -0.280. The van der Waals surface area contributed by atoms with E-state index in [2.05, 4.69) is 36.6 Å². The van der Waals surface area contributed by atoms with Gasteiger partial charge in [0.25, 0.3) is 0 Å². The summed E-state index contributed by atoms with van der Waals surface area (Å²) < 4.78 is 4.73. The molecule has 0 radical (unpaired) electrons. The van der Waals surface area contributed by atoms with Gasteiger partial charge in [-0.25, -0.2) is 9.78 Å². The van der Waals surface area contributed by atoms with Gasteiger partial charge in [0.05, 0.1) is 18.6 Å². The summed E-state index contributed by atoms with van der Waals surface area (Å²) in [6.45, 7) is 2.09. The van der Waals surface area contributed by atoms with Crippen molar-refractivity contribution in [1.82, 2.24) is 4.98 Å². The van der Waals surface area contributed by atoms with E-state index < -0.39 is 0 Å². The Morgan fingerprint density at radius 1 is 1.26 bits per heavy atom. The fourth-order valence-electron chi connectivity index (χ4n) is 2.06. The molecule has 3 rings (SSSR count). The number of hydrogen-bond donors (Lipinski definition) is 0. The zero-order valence-corrected chi connectivity index (χ0v) is 15.2. The molecule has 3 nitrogen and oxygen atoms in total. The highest BCUT2D eigenvalue weighted by Crippen LogP contribution is 2.30. The maximum absolute atomic E-state index is 11.5. The first-order valence-corrected chi connectivity index (χ1v) is 9.71. The van der Waals surface area contributed by atoms with Crippen LogP contribution in [0.3, 0.4) is 0 Å². The van der Waals surface area contributed by atoms with Gasteiger partial charge in [-0.15, -0.1) is 34.4 Å². The first-order chi connectivity index (χ1) is 11.2. The monoisotopic (exact) mass is 361 g/mol. The molecular weight excluding hydrogens is 346 g/mol. The van der Waals surface area contributed by atoms with Crippen LogP contribution in [0.5, 0.6) is 0 Å². The van der Waals surface area contributed by atoms with E-state index in [0.717, 1.165) is 26.9 Å². The van der Waals surface area contributed by atoms with Gasteiger partial charge in [0.2, 0.25) is 0 Å². The summed E-state index contributed by atoms with van der Waals surface area (Å²) in [7, 11) is 1.40. The van der Waals surface area contributed by atoms with Crippen LogP contribution in [0.1, 0.15) is 20.2 Å². The van der Waals surface area contributed by atoms with Gasteiger partial charge in [-0.05, 0) is 19.1 Å². The lowest BCUT2D eigenvalue weighted by atomic mass is 10.1. The summed E-state index contributed by atoms with van der Waals surface area (Å²) >= 11 is 4.76. The van der Waals surface area contributed by atoms with Crippen LogP contribution in [0, 0.1) is 6.92 Å². The van der Waals surface area contributed by atoms with Crippen LogP contribution in [0.2, 0.25) is 0 Å². The number of rotatable bonds is 5. The second kappa shape index (κ2) is 7.29. The molecule has 0 N–H and O–H groups in total. The highest BCUT2D eigenvalue weighted by molar-refractivity contribution is 7.98. The van der Waals surface area contributed by atoms with E-state index >= 15 is 0 Å². The van der Waals surface area contributed by atoms with Crippen molar-refractivity contribution >= 4 is 40.4 Å². The van der Waals surface area contributed by atoms with Crippen molar-refractivity contribution in [1.29, 1.82) is 0 Å². The number of carbonyl (C=O) groups is 1. The molecule has 0 aliphatic heterocycles. The van der Waals surface area contributed by atoms with Crippen LogP contribution in [0.4, 0.5) is 0 Å². The zero-order chi connectivity index (χ0) is 16.2. The predicted molar refractivity (Wildman–Crippen MR) is 97.5 cm³/mol. The largest absolute Gasteiger partial charge is 0.465 e. The lowest BCUT2D eigenvalue weighted by Gasteiger charge is -1.98. The Labute approximate surface area is 147 Å². The van der Waals surface area contributed by atoms with Crippen molar-refractivity contribution in [2.75, 3.05) is 7.11 Å². The zero-order valence-electron chi connectivity index (χ0n) is 12.7. The third-order valence-electron chi connectivity index (χ3n) is 3.19. The van der Waals surface area contributed by atoms with Gasteiger partial charge < -0.3 is 4.74 Å². The van der Waals surface area contributed by atoms with E-state index in [9.17, 15) is 4.79 Å². The van der Waals surface area contributed by atoms with Crippen LogP contribution in [0.15, 0.2) is 46.0 Å². The number of hydrogen-bond acceptors (Lipinski definition) is 6. The number of esters is 1.